The molecular formula is C14H22N2O2. The number of unbranched alkanes of at least 4 members (excludes halogenated alkanes) is 1. The minimum absolute atomic E-state index is 0.0923. The summed E-state index contributed by atoms with van der Waals surface area (Å²) in [5.41, 5.74) is 7.30. The molecule has 1 rings (SSSR count). The van der Waals surface area contributed by atoms with Crippen LogP contribution in [0.4, 0.5) is 5.69 Å². The van der Waals surface area contributed by atoms with Crippen molar-refractivity contribution >= 4 is 11.6 Å². The van der Waals surface area contributed by atoms with Crippen LogP contribution in [0.15, 0.2) is 18.2 Å². The van der Waals surface area contributed by atoms with Crippen LogP contribution < -0.4 is 15.8 Å². The number of anilines is 1. The van der Waals surface area contributed by atoms with Crippen molar-refractivity contribution in [2.45, 2.75) is 39.7 Å². The Kier molecular flexibility index (Phi) is 5.49. The highest BCUT2D eigenvalue weighted by molar-refractivity contribution is 5.80. The normalized spacial score (nSPS) is 11.9. The predicted molar refractivity (Wildman–Crippen MR) is 73.6 cm³/mol. The monoisotopic (exact) mass is 250 g/mol. The van der Waals surface area contributed by atoms with Gasteiger partial charge in [-0.25, -0.2) is 0 Å². The van der Waals surface area contributed by atoms with Gasteiger partial charge in [-0.2, -0.15) is 0 Å². The highest BCUT2D eigenvalue weighted by Crippen LogP contribution is 2.21. The number of nitrogen functional groups attached to an aromatic ring is 1. The molecule has 1 amide bonds. The summed E-state index contributed by atoms with van der Waals surface area (Å²) in [4.78, 5) is 11.8. The van der Waals surface area contributed by atoms with Crippen molar-refractivity contribution in [3.63, 3.8) is 0 Å². The fourth-order valence-corrected chi connectivity index (χ4v) is 1.52. The molecule has 0 aromatic heterocycles. The molecule has 1 unspecified atom stereocenters. The Morgan fingerprint density at radius 3 is 2.89 bits per heavy atom. The van der Waals surface area contributed by atoms with Crippen LogP contribution in [0.25, 0.3) is 0 Å². The molecule has 1 aromatic rings. The van der Waals surface area contributed by atoms with E-state index in [2.05, 4.69) is 12.2 Å². The Morgan fingerprint density at radius 1 is 1.50 bits per heavy atom. The smallest absolute Gasteiger partial charge is 0.260 e. The second-order valence-corrected chi connectivity index (χ2v) is 4.43. The van der Waals surface area contributed by atoms with Crippen LogP contribution in [-0.4, -0.2) is 18.6 Å². The number of ether oxygens (including phenoxy) is 1. The van der Waals surface area contributed by atoms with E-state index in [0.717, 1.165) is 18.4 Å². The first-order valence-electron chi connectivity index (χ1n) is 6.35. The number of carbonyl (C=O) groups is 1. The molecule has 0 bridgehead atoms. The Morgan fingerprint density at radius 2 is 2.22 bits per heavy atom. The minimum atomic E-state index is -0.512. The number of aryl methyl sites for hydroxylation is 1. The van der Waals surface area contributed by atoms with E-state index in [-0.39, 0.29) is 5.91 Å². The average molecular weight is 250 g/mol. The van der Waals surface area contributed by atoms with Crippen molar-refractivity contribution in [3.05, 3.63) is 23.8 Å². The van der Waals surface area contributed by atoms with Gasteiger partial charge < -0.3 is 15.8 Å². The van der Waals surface area contributed by atoms with Gasteiger partial charge in [0.1, 0.15) is 5.75 Å². The van der Waals surface area contributed by atoms with E-state index < -0.39 is 6.10 Å². The lowest BCUT2D eigenvalue weighted by Crippen LogP contribution is -2.36. The molecular weight excluding hydrogens is 228 g/mol. The van der Waals surface area contributed by atoms with E-state index in [9.17, 15) is 4.79 Å². The molecule has 0 aliphatic carbocycles. The van der Waals surface area contributed by atoms with Crippen molar-refractivity contribution in [1.29, 1.82) is 0 Å². The highest BCUT2D eigenvalue weighted by Gasteiger charge is 2.14. The number of benzene rings is 1. The van der Waals surface area contributed by atoms with Crippen LogP contribution in [0, 0.1) is 6.92 Å². The van der Waals surface area contributed by atoms with Crippen molar-refractivity contribution < 1.29 is 9.53 Å². The molecule has 0 spiro atoms. The summed E-state index contributed by atoms with van der Waals surface area (Å²) in [5.74, 6) is 0.568. The van der Waals surface area contributed by atoms with E-state index in [4.69, 9.17) is 10.5 Å². The lowest BCUT2D eigenvalue weighted by atomic mass is 10.2. The van der Waals surface area contributed by atoms with Crippen molar-refractivity contribution in [1.82, 2.24) is 5.32 Å². The van der Waals surface area contributed by atoms with Gasteiger partial charge in [-0.3, -0.25) is 4.79 Å². The maximum Gasteiger partial charge on any atom is 0.260 e. The summed E-state index contributed by atoms with van der Waals surface area (Å²) in [5, 5.41) is 2.84. The van der Waals surface area contributed by atoms with Gasteiger partial charge in [-0.1, -0.05) is 19.4 Å². The fourth-order valence-electron chi connectivity index (χ4n) is 1.52. The minimum Gasteiger partial charge on any atom is -0.481 e. The standard InChI is InChI=1S/C14H22N2O2/c1-4-5-8-16-14(17)11(3)18-13-9-12(15)7-6-10(13)2/h6-7,9,11H,4-5,8,15H2,1-3H3,(H,16,17). The average Bonchev–Trinajstić information content (AvgIpc) is 2.34. The van der Waals surface area contributed by atoms with Gasteiger partial charge in [0, 0.05) is 18.3 Å². The molecule has 4 nitrogen and oxygen atoms in total. The summed E-state index contributed by atoms with van der Waals surface area (Å²) < 4.78 is 5.63. The van der Waals surface area contributed by atoms with E-state index >= 15 is 0 Å². The summed E-state index contributed by atoms with van der Waals surface area (Å²) in [6.45, 7) is 6.45. The van der Waals surface area contributed by atoms with Crippen LogP contribution >= 0.6 is 0 Å². The van der Waals surface area contributed by atoms with Gasteiger partial charge in [0.15, 0.2) is 6.10 Å². The molecule has 0 fully saturated rings. The van der Waals surface area contributed by atoms with Gasteiger partial charge >= 0.3 is 0 Å². The number of nitrogens with two attached hydrogens (primary N) is 1. The Bertz CT molecular complexity index is 405. The summed E-state index contributed by atoms with van der Waals surface area (Å²) >= 11 is 0. The first-order valence-corrected chi connectivity index (χ1v) is 6.35. The molecule has 100 valence electrons. The van der Waals surface area contributed by atoms with Crippen LogP contribution in [-0.2, 0) is 4.79 Å². The number of hydrogen-bond acceptors (Lipinski definition) is 3. The second-order valence-electron chi connectivity index (χ2n) is 4.43. The van der Waals surface area contributed by atoms with Gasteiger partial charge in [-0.15, -0.1) is 0 Å². The van der Waals surface area contributed by atoms with Gasteiger partial charge in [0.05, 0.1) is 0 Å². The van der Waals surface area contributed by atoms with Gasteiger partial charge in [0.25, 0.3) is 5.91 Å². The SMILES string of the molecule is CCCCNC(=O)C(C)Oc1cc(N)ccc1C. The Balaban J connectivity index is 2.55. The van der Waals surface area contributed by atoms with Crippen LogP contribution in [0.2, 0.25) is 0 Å². The molecule has 0 saturated heterocycles. The zero-order valence-electron chi connectivity index (χ0n) is 11.3. The third-order valence-corrected chi connectivity index (χ3v) is 2.71. The fraction of sp³-hybridized carbons (Fsp3) is 0.500. The van der Waals surface area contributed by atoms with E-state index in [1.807, 2.05) is 19.1 Å². The first kappa shape index (κ1) is 14.4. The molecule has 1 atom stereocenters. The maximum absolute atomic E-state index is 11.8. The number of hydrogen-bond donors (Lipinski definition) is 2. The van der Waals surface area contributed by atoms with Crippen LogP contribution in [0.1, 0.15) is 32.3 Å². The van der Waals surface area contributed by atoms with Gasteiger partial charge in [-0.05, 0) is 31.9 Å². The lowest BCUT2D eigenvalue weighted by Gasteiger charge is -2.16. The number of amides is 1. The maximum atomic E-state index is 11.8. The van der Waals surface area contributed by atoms with E-state index in [0.29, 0.717) is 18.0 Å². The topological polar surface area (TPSA) is 64.3 Å². The highest BCUT2D eigenvalue weighted by atomic mass is 16.5. The quantitative estimate of drug-likeness (QED) is 0.601. The molecule has 0 aliphatic heterocycles. The van der Waals surface area contributed by atoms with E-state index in [1.54, 1.807) is 13.0 Å². The lowest BCUT2D eigenvalue weighted by molar-refractivity contribution is -0.127. The van der Waals surface area contributed by atoms with Crippen molar-refractivity contribution in [2.24, 2.45) is 0 Å². The third-order valence-electron chi connectivity index (χ3n) is 2.71. The zero-order valence-corrected chi connectivity index (χ0v) is 11.3. The molecule has 0 heterocycles. The predicted octanol–water partition coefficient (Wildman–Crippen LogP) is 2.26. The van der Waals surface area contributed by atoms with Crippen molar-refractivity contribution in [2.75, 3.05) is 12.3 Å². The number of rotatable bonds is 6. The summed E-state index contributed by atoms with van der Waals surface area (Å²) in [6.07, 6.45) is 1.53. The molecule has 0 aliphatic rings. The largest absolute Gasteiger partial charge is 0.481 e. The Hall–Kier alpha value is -1.71. The zero-order chi connectivity index (χ0) is 13.5. The summed E-state index contributed by atoms with van der Waals surface area (Å²) in [6, 6.07) is 5.44. The molecule has 4 heteroatoms. The van der Waals surface area contributed by atoms with Crippen LogP contribution in [0.3, 0.4) is 0 Å². The van der Waals surface area contributed by atoms with Crippen LogP contribution in [0.5, 0.6) is 5.75 Å². The van der Waals surface area contributed by atoms with Crippen molar-refractivity contribution in [3.8, 4) is 5.75 Å². The molecule has 0 radical (unpaired) electrons. The second kappa shape index (κ2) is 6.89. The Labute approximate surface area is 109 Å². The molecule has 3 N–H and O–H groups in total. The van der Waals surface area contributed by atoms with Gasteiger partial charge in [0.2, 0.25) is 0 Å². The number of carbonyl (C=O) groups excluding carboxylic acids is 1. The first-order chi connectivity index (χ1) is 8.54. The molecule has 0 saturated carbocycles. The molecule has 1 aromatic carbocycles. The molecule has 18 heavy (non-hydrogen) atoms. The summed E-state index contributed by atoms with van der Waals surface area (Å²) in [7, 11) is 0. The third kappa shape index (κ3) is 4.28. The number of nitrogens with one attached hydrogen (secondary N) is 1. The van der Waals surface area contributed by atoms with E-state index in [1.165, 1.54) is 0 Å².